The standard InChI is InChI=1S/C19H26FN3O/c1-14(9-10-15-7-5-6-8-16(15)20)11-17(18(24)19(2,3)4)23-13-21-12-22-23/h5-8,12-14,17H,9-11H2,1-4H3. The van der Waals surface area contributed by atoms with E-state index in [1.54, 1.807) is 17.1 Å². The first-order valence-corrected chi connectivity index (χ1v) is 8.41. The van der Waals surface area contributed by atoms with Gasteiger partial charge in [0.15, 0.2) is 5.78 Å². The van der Waals surface area contributed by atoms with Crippen LogP contribution in [0, 0.1) is 17.2 Å². The van der Waals surface area contributed by atoms with Gasteiger partial charge >= 0.3 is 0 Å². The van der Waals surface area contributed by atoms with E-state index in [9.17, 15) is 9.18 Å². The number of rotatable bonds is 7. The Labute approximate surface area is 143 Å². The minimum Gasteiger partial charge on any atom is -0.297 e. The van der Waals surface area contributed by atoms with Gasteiger partial charge in [0.1, 0.15) is 24.5 Å². The number of carbonyl (C=O) groups is 1. The predicted octanol–water partition coefficient (Wildman–Crippen LogP) is 4.23. The van der Waals surface area contributed by atoms with Crippen LogP contribution in [0.25, 0.3) is 0 Å². The first kappa shape index (κ1) is 18.3. The molecule has 1 heterocycles. The Morgan fingerprint density at radius 2 is 2.00 bits per heavy atom. The summed E-state index contributed by atoms with van der Waals surface area (Å²) in [5.41, 5.74) is 0.283. The van der Waals surface area contributed by atoms with Gasteiger partial charge in [0.25, 0.3) is 0 Å². The van der Waals surface area contributed by atoms with E-state index in [1.807, 2.05) is 32.9 Å². The summed E-state index contributed by atoms with van der Waals surface area (Å²) in [7, 11) is 0. The first-order chi connectivity index (χ1) is 11.3. The summed E-state index contributed by atoms with van der Waals surface area (Å²) in [5, 5.41) is 4.16. The van der Waals surface area contributed by atoms with E-state index in [0.717, 1.165) is 12.0 Å². The van der Waals surface area contributed by atoms with Crippen molar-refractivity contribution in [1.82, 2.24) is 14.8 Å². The molecule has 0 radical (unpaired) electrons. The van der Waals surface area contributed by atoms with Crippen LogP contribution in [0.3, 0.4) is 0 Å². The topological polar surface area (TPSA) is 47.8 Å². The second-order valence-electron chi connectivity index (χ2n) is 7.48. The van der Waals surface area contributed by atoms with Gasteiger partial charge in [0, 0.05) is 5.41 Å². The van der Waals surface area contributed by atoms with Gasteiger partial charge in [-0.15, -0.1) is 0 Å². The highest BCUT2D eigenvalue weighted by Crippen LogP contribution is 2.29. The highest BCUT2D eigenvalue weighted by atomic mass is 19.1. The highest BCUT2D eigenvalue weighted by molar-refractivity contribution is 5.87. The number of ketones is 1. The maximum atomic E-state index is 13.7. The molecule has 0 aliphatic heterocycles. The molecule has 0 fully saturated rings. The van der Waals surface area contributed by atoms with E-state index in [2.05, 4.69) is 17.0 Å². The van der Waals surface area contributed by atoms with Crippen LogP contribution in [0.5, 0.6) is 0 Å². The fraction of sp³-hybridized carbons (Fsp3) is 0.526. The number of carbonyl (C=O) groups excluding carboxylic acids is 1. The van der Waals surface area contributed by atoms with E-state index in [0.29, 0.717) is 12.8 Å². The molecule has 0 saturated heterocycles. The van der Waals surface area contributed by atoms with E-state index in [4.69, 9.17) is 0 Å². The van der Waals surface area contributed by atoms with Crippen LogP contribution < -0.4 is 0 Å². The molecule has 5 heteroatoms. The van der Waals surface area contributed by atoms with Crippen LogP contribution in [-0.4, -0.2) is 20.5 Å². The summed E-state index contributed by atoms with van der Waals surface area (Å²) in [5.74, 6) is 0.249. The molecule has 1 aromatic carbocycles. The quantitative estimate of drug-likeness (QED) is 0.763. The van der Waals surface area contributed by atoms with Crippen molar-refractivity contribution < 1.29 is 9.18 Å². The van der Waals surface area contributed by atoms with E-state index >= 15 is 0 Å². The van der Waals surface area contributed by atoms with Gasteiger partial charge in [0.05, 0.1) is 0 Å². The number of hydrogen-bond donors (Lipinski definition) is 0. The highest BCUT2D eigenvalue weighted by Gasteiger charge is 2.32. The number of aryl methyl sites for hydroxylation is 1. The molecule has 0 aliphatic rings. The van der Waals surface area contributed by atoms with Crippen molar-refractivity contribution in [3.63, 3.8) is 0 Å². The first-order valence-electron chi connectivity index (χ1n) is 8.41. The summed E-state index contributed by atoms with van der Waals surface area (Å²) in [6, 6.07) is 6.52. The van der Waals surface area contributed by atoms with Crippen LogP contribution in [0.4, 0.5) is 4.39 Å². The Kier molecular flexibility index (Phi) is 5.86. The second kappa shape index (κ2) is 7.69. The monoisotopic (exact) mass is 331 g/mol. The normalized spacial score (nSPS) is 14.4. The van der Waals surface area contributed by atoms with Gasteiger partial charge in [-0.1, -0.05) is 45.9 Å². The Morgan fingerprint density at radius 3 is 2.58 bits per heavy atom. The average molecular weight is 331 g/mol. The van der Waals surface area contributed by atoms with Crippen LogP contribution in [0.2, 0.25) is 0 Å². The summed E-state index contributed by atoms with van der Waals surface area (Å²) in [6.45, 7) is 7.86. The van der Waals surface area contributed by atoms with E-state index in [1.165, 1.54) is 12.4 Å². The van der Waals surface area contributed by atoms with Crippen LogP contribution >= 0.6 is 0 Å². The fourth-order valence-corrected chi connectivity index (χ4v) is 2.82. The lowest BCUT2D eigenvalue weighted by atomic mass is 9.82. The van der Waals surface area contributed by atoms with Crippen molar-refractivity contribution in [2.75, 3.05) is 0 Å². The van der Waals surface area contributed by atoms with Crippen molar-refractivity contribution >= 4 is 5.78 Å². The SMILES string of the molecule is CC(CCc1ccccc1F)CC(C(=O)C(C)(C)C)n1cncn1. The molecule has 0 spiro atoms. The number of benzene rings is 1. The molecule has 0 N–H and O–H groups in total. The van der Waals surface area contributed by atoms with Crippen molar-refractivity contribution in [2.45, 2.75) is 53.0 Å². The maximum absolute atomic E-state index is 13.7. The molecule has 1 aromatic heterocycles. The zero-order valence-electron chi connectivity index (χ0n) is 14.9. The molecule has 0 bridgehead atoms. The maximum Gasteiger partial charge on any atom is 0.162 e. The van der Waals surface area contributed by atoms with Crippen molar-refractivity contribution in [2.24, 2.45) is 11.3 Å². The summed E-state index contributed by atoms with van der Waals surface area (Å²) < 4.78 is 15.4. The van der Waals surface area contributed by atoms with Gasteiger partial charge in [-0.05, 0) is 36.8 Å². The van der Waals surface area contributed by atoms with Crippen molar-refractivity contribution in [3.8, 4) is 0 Å². The Morgan fingerprint density at radius 1 is 1.29 bits per heavy atom. The third kappa shape index (κ3) is 4.73. The van der Waals surface area contributed by atoms with Crippen molar-refractivity contribution in [3.05, 3.63) is 48.3 Å². The van der Waals surface area contributed by atoms with Crippen molar-refractivity contribution in [1.29, 1.82) is 0 Å². The molecule has 2 unspecified atom stereocenters. The van der Waals surface area contributed by atoms with Crippen LogP contribution in [0.15, 0.2) is 36.9 Å². The molecule has 4 nitrogen and oxygen atoms in total. The molecule has 2 atom stereocenters. The van der Waals surface area contributed by atoms with E-state index in [-0.39, 0.29) is 23.6 Å². The third-order valence-electron chi connectivity index (χ3n) is 4.29. The Balaban J connectivity index is 2.04. The smallest absolute Gasteiger partial charge is 0.162 e. The second-order valence-corrected chi connectivity index (χ2v) is 7.48. The molecular weight excluding hydrogens is 305 g/mol. The van der Waals surface area contributed by atoms with Gasteiger partial charge in [-0.25, -0.2) is 14.1 Å². The lowest BCUT2D eigenvalue weighted by Gasteiger charge is -2.26. The van der Waals surface area contributed by atoms with Gasteiger partial charge in [-0.2, -0.15) is 5.10 Å². The number of Topliss-reactive ketones (excluding diaryl/α,β-unsaturated/α-hetero) is 1. The zero-order chi connectivity index (χ0) is 17.7. The number of nitrogens with zero attached hydrogens (tertiary/aromatic N) is 3. The molecular formula is C19H26FN3O. The van der Waals surface area contributed by atoms with Crippen LogP contribution in [0.1, 0.15) is 52.1 Å². The van der Waals surface area contributed by atoms with Gasteiger partial charge < -0.3 is 0 Å². The van der Waals surface area contributed by atoms with E-state index < -0.39 is 5.41 Å². The average Bonchev–Trinajstić information content (AvgIpc) is 3.04. The molecule has 24 heavy (non-hydrogen) atoms. The molecule has 130 valence electrons. The number of hydrogen-bond acceptors (Lipinski definition) is 3. The predicted molar refractivity (Wildman–Crippen MR) is 92.0 cm³/mol. The minimum absolute atomic E-state index is 0.144. The Hall–Kier alpha value is -2.04. The molecule has 0 saturated carbocycles. The zero-order valence-corrected chi connectivity index (χ0v) is 14.9. The lowest BCUT2D eigenvalue weighted by molar-refractivity contribution is -0.130. The number of halogens is 1. The molecule has 0 amide bonds. The largest absolute Gasteiger partial charge is 0.297 e. The Bertz CT molecular complexity index is 662. The van der Waals surface area contributed by atoms with Crippen LogP contribution in [-0.2, 0) is 11.2 Å². The minimum atomic E-state index is -0.443. The van der Waals surface area contributed by atoms with Gasteiger partial charge in [0.2, 0.25) is 0 Å². The summed E-state index contributed by atoms with van der Waals surface area (Å²) in [4.78, 5) is 16.7. The van der Waals surface area contributed by atoms with Gasteiger partial charge in [-0.3, -0.25) is 4.79 Å². The third-order valence-corrected chi connectivity index (χ3v) is 4.29. The number of aromatic nitrogens is 3. The lowest BCUT2D eigenvalue weighted by Crippen LogP contribution is -2.32. The fourth-order valence-electron chi connectivity index (χ4n) is 2.82. The molecule has 2 aromatic rings. The molecule has 0 aliphatic carbocycles. The summed E-state index contributed by atoms with van der Waals surface area (Å²) >= 11 is 0. The molecule has 2 rings (SSSR count). The summed E-state index contributed by atoms with van der Waals surface area (Å²) in [6.07, 6.45) is 5.21.